The number of carboxylic acid groups (broad SMARTS) is 1. The van der Waals surface area contributed by atoms with Gasteiger partial charge in [0.15, 0.2) is 0 Å². The van der Waals surface area contributed by atoms with Crippen LogP contribution in [0.25, 0.3) is 0 Å². The Balaban J connectivity index is 3.93. The largest absolute Gasteiger partial charge is 0.481 e. The fourth-order valence-electron chi connectivity index (χ4n) is 1.26. The van der Waals surface area contributed by atoms with Crippen LogP contribution in [-0.2, 0) is 19.4 Å². The van der Waals surface area contributed by atoms with Crippen molar-refractivity contribution in [3.05, 3.63) is 0 Å². The standard InChI is InChI=1S/C10H18N2O6S/c1-7(6-9(14)15)5-8(13)12-10(16)11-3-4-19(2,17)18/h7H,3-6H2,1-2H3,(H,14,15)(H2,11,12,13,16). The minimum Gasteiger partial charge on any atom is -0.481 e. The summed E-state index contributed by atoms with van der Waals surface area (Å²) < 4.78 is 21.6. The molecule has 0 aromatic carbocycles. The van der Waals surface area contributed by atoms with E-state index in [0.717, 1.165) is 6.26 Å². The lowest BCUT2D eigenvalue weighted by Gasteiger charge is -2.09. The fourth-order valence-corrected chi connectivity index (χ4v) is 1.73. The smallest absolute Gasteiger partial charge is 0.321 e. The predicted molar refractivity (Wildman–Crippen MR) is 67.3 cm³/mol. The summed E-state index contributed by atoms with van der Waals surface area (Å²) in [6.45, 7) is 1.48. The number of sulfone groups is 1. The number of carbonyl (C=O) groups is 3. The van der Waals surface area contributed by atoms with Crippen molar-refractivity contribution < 1.29 is 27.9 Å². The number of aliphatic carboxylic acids is 1. The van der Waals surface area contributed by atoms with Crippen molar-refractivity contribution in [1.82, 2.24) is 10.6 Å². The maximum Gasteiger partial charge on any atom is 0.321 e. The van der Waals surface area contributed by atoms with Crippen LogP contribution in [-0.4, -0.2) is 50.0 Å². The second-order valence-corrected chi connectivity index (χ2v) is 6.60. The van der Waals surface area contributed by atoms with Crippen molar-refractivity contribution in [3.8, 4) is 0 Å². The third-order valence-corrected chi connectivity index (χ3v) is 3.01. The van der Waals surface area contributed by atoms with Gasteiger partial charge >= 0.3 is 12.0 Å². The van der Waals surface area contributed by atoms with Crippen LogP contribution < -0.4 is 10.6 Å². The summed E-state index contributed by atoms with van der Waals surface area (Å²) in [6.07, 6.45) is 0.778. The van der Waals surface area contributed by atoms with Crippen LogP contribution in [0.4, 0.5) is 4.79 Å². The average Bonchev–Trinajstić information content (AvgIpc) is 2.12. The van der Waals surface area contributed by atoms with E-state index in [1.165, 1.54) is 0 Å². The molecule has 0 rings (SSSR count). The Labute approximate surface area is 111 Å². The molecule has 0 aromatic heterocycles. The maximum absolute atomic E-state index is 11.3. The topological polar surface area (TPSA) is 130 Å². The van der Waals surface area contributed by atoms with Gasteiger partial charge in [-0.2, -0.15) is 0 Å². The molecule has 3 amide bonds. The summed E-state index contributed by atoms with van der Waals surface area (Å²) >= 11 is 0. The van der Waals surface area contributed by atoms with Crippen LogP contribution in [0.5, 0.6) is 0 Å². The molecular formula is C10H18N2O6S. The van der Waals surface area contributed by atoms with E-state index in [9.17, 15) is 22.8 Å². The molecule has 0 spiro atoms. The van der Waals surface area contributed by atoms with Crippen molar-refractivity contribution in [1.29, 1.82) is 0 Å². The van der Waals surface area contributed by atoms with Crippen molar-refractivity contribution in [2.24, 2.45) is 5.92 Å². The lowest BCUT2D eigenvalue weighted by Crippen LogP contribution is -2.41. The van der Waals surface area contributed by atoms with Gasteiger partial charge in [0.25, 0.3) is 0 Å². The second kappa shape index (κ2) is 7.72. The Morgan fingerprint density at radius 2 is 1.79 bits per heavy atom. The fraction of sp³-hybridized carbons (Fsp3) is 0.700. The number of urea groups is 1. The molecule has 1 atom stereocenters. The van der Waals surface area contributed by atoms with Gasteiger partial charge in [0.2, 0.25) is 5.91 Å². The summed E-state index contributed by atoms with van der Waals surface area (Å²) in [7, 11) is -3.17. The van der Waals surface area contributed by atoms with E-state index in [0.29, 0.717) is 0 Å². The first-order valence-corrected chi connectivity index (χ1v) is 7.63. The summed E-state index contributed by atoms with van der Waals surface area (Å²) in [5.41, 5.74) is 0. The van der Waals surface area contributed by atoms with Gasteiger partial charge in [0.1, 0.15) is 9.84 Å². The number of hydrogen-bond donors (Lipinski definition) is 3. The highest BCUT2D eigenvalue weighted by atomic mass is 32.2. The number of imide groups is 1. The second-order valence-electron chi connectivity index (χ2n) is 4.34. The number of carboxylic acids is 1. The van der Waals surface area contributed by atoms with E-state index in [1.54, 1.807) is 6.92 Å². The zero-order valence-electron chi connectivity index (χ0n) is 10.8. The maximum atomic E-state index is 11.3. The monoisotopic (exact) mass is 294 g/mol. The first-order valence-electron chi connectivity index (χ1n) is 5.57. The number of rotatable bonds is 7. The van der Waals surface area contributed by atoms with Gasteiger partial charge in [-0.05, 0) is 5.92 Å². The summed E-state index contributed by atoms with van der Waals surface area (Å²) in [5, 5.41) is 12.7. The molecule has 0 saturated carbocycles. The molecule has 0 aromatic rings. The van der Waals surface area contributed by atoms with Gasteiger partial charge in [-0.25, -0.2) is 13.2 Å². The molecule has 8 nitrogen and oxygen atoms in total. The van der Waals surface area contributed by atoms with Crippen LogP contribution in [0, 0.1) is 5.92 Å². The Hall–Kier alpha value is -1.64. The molecule has 0 saturated heterocycles. The SMILES string of the molecule is CC(CC(=O)O)CC(=O)NC(=O)NCCS(C)(=O)=O. The van der Waals surface area contributed by atoms with Gasteiger partial charge in [0.05, 0.1) is 5.75 Å². The van der Waals surface area contributed by atoms with Crippen molar-refractivity contribution >= 4 is 27.7 Å². The zero-order chi connectivity index (χ0) is 15.1. The van der Waals surface area contributed by atoms with Gasteiger partial charge in [0, 0.05) is 25.6 Å². The molecule has 9 heteroatoms. The van der Waals surface area contributed by atoms with Crippen LogP contribution in [0.2, 0.25) is 0 Å². The predicted octanol–water partition coefficient (Wildman–Crippen LogP) is -0.642. The summed E-state index contributed by atoms with van der Waals surface area (Å²) in [5.74, 6) is -2.23. The minimum absolute atomic E-state index is 0.0915. The molecule has 0 heterocycles. The molecule has 0 radical (unpaired) electrons. The van der Waals surface area contributed by atoms with E-state index < -0.39 is 27.7 Å². The molecule has 3 N–H and O–H groups in total. The van der Waals surface area contributed by atoms with E-state index in [-0.39, 0.29) is 31.1 Å². The number of hydrogen-bond acceptors (Lipinski definition) is 5. The summed E-state index contributed by atoms with van der Waals surface area (Å²) in [4.78, 5) is 32.9. The molecule has 0 aliphatic carbocycles. The molecule has 1 unspecified atom stereocenters. The van der Waals surface area contributed by atoms with Crippen molar-refractivity contribution in [3.63, 3.8) is 0 Å². The molecule has 0 fully saturated rings. The van der Waals surface area contributed by atoms with Crippen LogP contribution >= 0.6 is 0 Å². The Kier molecular flexibility index (Phi) is 7.05. The van der Waals surface area contributed by atoms with Gasteiger partial charge < -0.3 is 10.4 Å². The third kappa shape index (κ3) is 11.2. The van der Waals surface area contributed by atoms with Gasteiger partial charge in [-0.3, -0.25) is 14.9 Å². The normalized spacial score (nSPS) is 12.5. The highest BCUT2D eigenvalue weighted by Gasteiger charge is 2.14. The average molecular weight is 294 g/mol. The lowest BCUT2D eigenvalue weighted by molar-refractivity contribution is -0.138. The third-order valence-electron chi connectivity index (χ3n) is 2.07. The van der Waals surface area contributed by atoms with Crippen LogP contribution in [0.15, 0.2) is 0 Å². The van der Waals surface area contributed by atoms with E-state index >= 15 is 0 Å². The van der Waals surface area contributed by atoms with Crippen molar-refractivity contribution in [2.75, 3.05) is 18.6 Å². The Morgan fingerprint density at radius 1 is 1.21 bits per heavy atom. The molecular weight excluding hydrogens is 276 g/mol. The van der Waals surface area contributed by atoms with Gasteiger partial charge in [-0.15, -0.1) is 0 Å². The summed E-state index contributed by atoms with van der Waals surface area (Å²) in [6, 6.07) is -0.795. The number of amides is 3. The molecule has 19 heavy (non-hydrogen) atoms. The molecule has 0 bridgehead atoms. The highest BCUT2D eigenvalue weighted by Crippen LogP contribution is 2.06. The van der Waals surface area contributed by atoms with Crippen molar-refractivity contribution in [2.45, 2.75) is 19.8 Å². The van der Waals surface area contributed by atoms with Crippen LogP contribution in [0.1, 0.15) is 19.8 Å². The Morgan fingerprint density at radius 3 is 2.26 bits per heavy atom. The number of carbonyl (C=O) groups excluding carboxylic acids is 2. The Bertz CT molecular complexity index is 445. The van der Waals surface area contributed by atoms with Gasteiger partial charge in [-0.1, -0.05) is 6.92 Å². The zero-order valence-corrected chi connectivity index (χ0v) is 11.6. The first kappa shape index (κ1) is 17.4. The molecule has 0 aliphatic heterocycles. The highest BCUT2D eigenvalue weighted by molar-refractivity contribution is 7.90. The van der Waals surface area contributed by atoms with E-state index in [1.807, 2.05) is 5.32 Å². The molecule has 110 valence electrons. The van der Waals surface area contributed by atoms with E-state index in [2.05, 4.69) is 5.32 Å². The van der Waals surface area contributed by atoms with Crippen LogP contribution in [0.3, 0.4) is 0 Å². The van der Waals surface area contributed by atoms with E-state index in [4.69, 9.17) is 5.11 Å². The first-order chi connectivity index (χ1) is 8.60. The lowest BCUT2D eigenvalue weighted by atomic mass is 10.0. The minimum atomic E-state index is -3.17. The quantitative estimate of drug-likeness (QED) is 0.572. The molecule has 0 aliphatic rings. The number of nitrogens with one attached hydrogen (secondary N) is 2.